The van der Waals surface area contributed by atoms with E-state index >= 15 is 0 Å². The number of hydrogen-bond acceptors (Lipinski definition) is 2. The van der Waals surface area contributed by atoms with E-state index in [1.165, 1.54) is 24.8 Å². The Balaban J connectivity index is 1.84. The summed E-state index contributed by atoms with van der Waals surface area (Å²) in [5.41, 5.74) is 7.35. The minimum atomic E-state index is 0.228. The summed E-state index contributed by atoms with van der Waals surface area (Å²) < 4.78 is 5.94. The molecule has 2 rings (SSSR count). The van der Waals surface area contributed by atoms with Crippen molar-refractivity contribution in [1.29, 1.82) is 0 Å². The summed E-state index contributed by atoms with van der Waals surface area (Å²) in [4.78, 5) is 0. The summed E-state index contributed by atoms with van der Waals surface area (Å²) in [7, 11) is 0. The molecular formula is C14H21NO. The minimum Gasteiger partial charge on any atom is -0.372 e. The summed E-state index contributed by atoms with van der Waals surface area (Å²) in [6.07, 6.45) is 6.30. The minimum absolute atomic E-state index is 0.228. The van der Waals surface area contributed by atoms with Crippen molar-refractivity contribution >= 4 is 0 Å². The predicted molar refractivity (Wildman–Crippen MR) is 66.1 cm³/mol. The lowest BCUT2D eigenvalue weighted by molar-refractivity contribution is 0.0194. The molecule has 1 aromatic rings. The summed E-state index contributed by atoms with van der Waals surface area (Å²) in [5, 5.41) is 0. The van der Waals surface area contributed by atoms with Gasteiger partial charge in [0.2, 0.25) is 0 Å². The van der Waals surface area contributed by atoms with Gasteiger partial charge in [-0.3, -0.25) is 0 Å². The Morgan fingerprint density at radius 1 is 1.06 bits per heavy atom. The molecule has 2 heteroatoms. The molecule has 16 heavy (non-hydrogen) atoms. The zero-order chi connectivity index (χ0) is 11.2. The quantitative estimate of drug-likeness (QED) is 0.793. The number of hydrogen-bond donors (Lipinski definition) is 1. The van der Waals surface area contributed by atoms with Crippen molar-refractivity contribution in [3.63, 3.8) is 0 Å². The Labute approximate surface area is 97.8 Å². The second-order valence-electron chi connectivity index (χ2n) is 4.64. The molecule has 0 heterocycles. The van der Waals surface area contributed by atoms with E-state index in [1.54, 1.807) is 0 Å². The van der Waals surface area contributed by atoms with Gasteiger partial charge in [-0.15, -0.1) is 0 Å². The van der Waals surface area contributed by atoms with Gasteiger partial charge < -0.3 is 10.5 Å². The van der Waals surface area contributed by atoms with Gasteiger partial charge >= 0.3 is 0 Å². The van der Waals surface area contributed by atoms with Gasteiger partial charge in [0.15, 0.2) is 0 Å². The molecular weight excluding hydrogens is 198 g/mol. The summed E-state index contributed by atoms with van der Waals surface area (Å²) in [6, 6.07) is 10.6. The molecule has 0 aromatic heterocycles. The second kappa shape index (κ2) is 6.02. The Morgan fingerprint density at radius 2 is 1.81 bits per heavy atom. The van der Waals surface area contributed by atoms with Crippen LogP contribution in [0.1, 0.15) is 37.7 Å². The number of rotatable bonds is 3. The summed E-state index contributed by atoms with van der Waals surface area (Å²) in [6.45, 7) is 0.694. The first kappa shape index (κ1) is 11.6. The van der Waals surface area contributed by atoms with E-state index in [4.69, 9.17) is 10.5 Å². The standard InChI is InChI=1S/C14H21NO/c15-13-9-5-2-6-10-14(13)16-11-12-7-3-1-4-8-12/h1,3-4,7-8,13-14H,2,5-6,9-11,15H2/t13-,14?/m1/s1. The van der Waals surface area contributed by atoms with Crippen LogP contribution >= 0.6 is 0 Å². The fourth-order valence-corrected chi connectivity index (χ4v) is 2.29. The largest absolute Gasteiger partial charge is 0.372 e. The molecule has 1 aromatic carbocycles. The third-order valence-electron chi connectivity index (χ3n) is 3.31. The van der Waals surface area contributed by atoms with Crippen LogP contribution in [0.5, 0.6) is 0 Å². The van der Waals surface area contributed by atoms with Crippen molar-refractivity contribution in [3.05, 3.63) is 35.9 Å². The lowest BCUT2D eigenvalue weighted by Crippen LogP contribution is -2.35. The van der Waals surface area contributed by atoms with Crippen LogP contribution in [-0.4, -0.2) is 12.1 Å². The van der Waals surface area contributed by atoms with Crippen LogP contribution in [0.15, 0.2) is 30.3 Å². The normalized spacial score (nSPS) is 26.3. The second-order valence-corrected chi connectivity index (χ2v) is 4.64. The Hall–Kier alpha value is -0.860. The Morgan fingerprint density at radius 3 is 2.62 bits per heavy atom. The van der Waals surface area contributed by atoms with Gasteiger partial charge in [-0.05, 0) is 18.4 Å². The van der Waals surface area contributed by atoms with Gasteiger partial charge in [0.1, 0.15) is 0 Å². The van der Waals surface area contributed by atoms with Crippen LogP contribution in [0.4, 0.5) is 0 Å². The zero-order valence-corrected chi connectivity index (χ0v) is 9.77. The molecule has 0 bridgehead atoms. The molecule has 0 saturated heterocycles. The van der Waals surface area contributed by atoms with Gasteiger partial charge in [0.05, 0.1) is 12.7 Å². The molecule has 88 valence electrons. The van der Waals surface area contributed by atoms with Crippen LogP contribution in [0.3, 0.4) is 0 Å². The molecule has 2 atom stereocenters. The van der Waals surface area contributed by atoms with E-state index in [-0.39, 0.29) is 12.1 Å². The molecule has 0 aliphatic heterocycles. The molecule has 1 aliphatic rings. The average molecular weight is 219 g/mol. The molecule has 0 spiro atoms. The summed E-state index contributed by atoms with van der Waals surface area (Å²) in [5.74, 6) is 0. The molecule has 1 unspecified atom stereocenters. The fourth-order valence-electron chi connectivity index (χ4n) is 2.29. The maximum Gasteiger partial charge on any atom is 0.0730 e. The van der Waals surface area contributed by atoms with Crippen LogP contribution in [-0.2, 0) is 11.3 Å². The fraction of sp³-hybridized carbons (Fsp3) is 0.571. The SMILES string of the molecule is N[C@@H]1CCCCCC1OCc1ccccc1. The van der Waals surface area contributed by atoms with Crippen LogP contribution in [0, 0.1) is 0 Å². The maximum atomic E-state index is 6.12. The topological polar surface area (TPSA) is 35.2 Å². The predicted octanol–water partition coefficient (Wildman–Crippen LogP) is 2.86. The molecule has 1 fully saturated rings. The van der Waals surface area contributed by atoms with E-state index in [9.17, 15) is 0 Å². The van der Waals surface area contributed by atoms with Crippen molar-refractivity contribution in [3.8, 4) is 0 Å². The highest BCUT2D eigenvalue weighted by atomic mass is 16.5. The third-order valence-corrected chi connectivity index (χ3v) is 3.31. The zero-order valence-electron chi connectivity index (χ0n) is 9.77. The first-order chi connectivity index (χ1) is 7.86. The lowest BCUT2D eigenvalue weighted by Gasteiger charge is -2.21. The number of ether oxygens (including phenoxy) is 1. The molecule has 1 saturated carbocycles. The van der Waals surface area contributed by atoms with Crippen LogP contribution < -0.4 is 5.73 Å². The van der Waals surface area contributed by atoms with Gasteiger partial charge in [-0.25, -0.2) is 0 Å². The smallest absolute Gasteiger partial charge is 0.0730 e. The van der Waals surface area contributed by atoms with Crippen molar-refractivity contribution < 1.29 is 4.74 Å². The van der Waals surface area contributed by atoms with Gasteiger partial charge in [0.25, 0.3) is 0 Å². The first-order valence-electron chi connectivity index (χ1n) is 6.27. The van der Waals surface area contributed by atoms with E-state index in [2.05, 4.69) is 12.1 Å². The summed E-state index contributed by atoms with van der Waals surface area (Å²) >= 11 is 0. The van der Waals surface area contributed by atoms with Gasteiger partial charge in [-0.2, -0.15) is 0 Å². The highest BCUT2D eigenvalue weighted by molar-refractivity contribution is 5.13. The first-order valence-corrected chi connectivity index (χ1v) is 6.27. The highest BCUT2D eigenvalue weighted by Crippen LogP contribution is 2.20. The van der Waals surface area contributed by atoms with E-state index in [1.807, 2.05) is 18.2 Å². The maximum absolute atomic E-state index is 6.12. The molecule has 1 aliphatic carbocycles. The Kier molecular flexibility index (Phi) is 4.37. The van der Waals surface area contributed by atoms with E-state index < -0.39 is 0 Å². The third kappa shape index (κ3) is 3.32. The van der Waals surface area contributed by atoms with Crippen LogP contribution in [0.25, 0.3) is 0 Å². The molecule has 0 amide bonds. The van der Waals surface area contributed by atoms with Crippen molar-refractivity contribution in [1.82, 2.24) is 0 Å². The van der Waals surface area contributed by atoms with E-state index in [0.717, 1.165) is 12.8 Å². The van der Waals surface area contributed by atoms with Gasteiger partial charge in [0, 0.05) is 6.04 Å². The van der Waals surface area contributed by atoms with Crippen LogP contribution in [0.2, 0.25) is 0 Å². The number of nitrogens with two attached hydrogens (primary N) is 1. The van der Waals surface area contributed by atoms with Crippen molar-refractivity contribution in [2.75, 3.05) is 0 Å². The van der Waals surface area contributed by atoms with E-state index in [0.29, 0.717) is 6.61 Å². The monoisotopic (exact) mass is 219 g/mol. The number of benzene rings is 1. The van der Waals surface area contributed by atoms with Crippen molar-refractivity contribution in [2.24, 2.45) is 5.73 Å². The molecule has 0 radical (unpaired) electrons. The van der Waals surface area contributed by atoms with Crippen molar-refractivity contribution in [2.45, 2.75) is 50.9 Å². The lowest BCUT2D eigenvalue weighted by atomic mass is 10.1. The Bertz CT molecular complexity index is 299. The highest BCUT2D eigenvalue weighted by Gasteiger charge is 2.20. The van der Waals surface area contributed by atoms with Gasteiger partial charge in [-0.1, -0.05) is 49.6 Å². The molecule has 2 N–H and O–H groups in total. The molecule has 2 nitrogen and oxygen atoms in total. The average Bonchev–Trinajstić information content (AvgIpc) is 2.53.